The third-order valence-corrected chi connectivity index (χ3v) is 4.62. The van der Waals surface area contributed by atoms with Crippen molar-refractivity contribution in [1.29, 1.82) is 0 Å². The highest BCUT2D eigenvalue weighted by molar-refractivity contribution is 5.94. The summed E-state index contributed by atoms with van der Waals surface area (Å²) < 4.78 is 43.1. The number of halogens is 3. The van der Waals surface area contributed by atoms with Gasteiger partial charge in [0.2, 0.25) is 0 Å². The van der Waals surface area contributed by atoms with Crippen molar-refractivity contribution in [3.05, 3.63) is 64.4 Å². The van der Waals surface area contributed by atoms with Gasteiger partial charge >= 0.3 is 12.3 Å². The lowest BCUT2D eigenvalue weighted by atomic mass is 10.0. The molecule has 3 N–H and O–H groups in total. The molecule has 3 aromatic rings. The Hall–Kier alpha value is -3.37. The summed E-state index contributed by atoms with van der Waals surface area (Å²) in [6.45, 7) is 0.0579. The zero-order valence-electron chi connectivity index (χ0n) is 14.7. The number of benzene rings is 2. The number of alkyl halides is 3. The number of amides is 1. The summed E-state index contributed by atoms with van der Waals surface area (Å²) in [6.07, 6.45) is -5.99. The van der Waals surface area contributed by atoms with Crippen LogP contribution in [0.1, 0.15) is 5.56 Å². The number of rotatable bonds is 3. The molecule has 1 saturated heterocycles. The second-order valence-corrected chi connectivity index (χ2v) is 6.47. The molecule has 1 aromatic heterocycles. The fourth-order valence-electron chi connectivity index (χ4n) is 3.15. The Morgan fingerprint density at radius 2 is 1.83 bits per heavy atom. The maximum absolute atomic E-state index is 12.7. The minimum Gasteiger partial charge on any atom is -0.426 e. The average Bonchev–Trinajstić information content (AvgIpc) is 3.08. The van der Waals surface area contributed by atoms with Crippen LogP contribution >= 0.6 is 0 Å². The smallest absolute Gasteiger partial charge is 0.416 e. The van der Waals surface area contributed by atoms with Gasteiger partial charge in [-0.1, -0.05) is 18.2 Å². The fraction of sp³-hybridized carbons (Fsp3) is 0.158. The third kappa shape index (κ3) is 3.55. The highest BCUT2D eigenvalue weighted by Crippen LogP contribution is 2.31. The van der Waals surface area contributed by atoms with Gasteiger partial charge in [0, 0.05) is 16.8 Å². The Balaban J connectivity index is 1.70. The molecule has 150 valence electrons. The first kappa shape index (κ1) is 19.0. The normalized spacial score (nSPS) is 17.0. The van der Waals surface area contributed by atoms with E-state index < -0.39 is 29.6 Å². The van der Waals surface area contributed by atoms with Crippen molar-refractivity contribution in [2.75, 3.05) is 11.4 Å². The molecule has 0 radical (unpaired) electrons. The molecule has 4 rings (SSSR count). The number of nitrogens with zero attached hydrogens (tertiary/aromatic N) is 1. The Morgan fingerprint density at radius 1 is 1.10 bits per heavy atom. The van der Waals surface area contributed by atoms with Crippen molar-refractivity contribution in [3.63, 3.8) is 0 Å². The van der Waals surface area contributed by atoms with Gasteiger partial charge in [-0.05, 0) is 41.3 Å². The second-order valence-electron chi connectivity index (χ2n) is 6.47. The number of hydrogen-bond acceptors (Lipinski definition) is 5. The van der Waals surface area contributed by atoms with Gasteiger partial charge in [0.05, 0.1) is 12.1 Å². The van der Waals surface area contributed by atoms with Gasteiger partial charge in [-0.2, -0.15) is 18.7 Å². The van der Waals surface area contributed by atoms with E-state index in [1.54, 1.807) is 18.2 Å². The molecule has 1 aliphatic heterocycles. The van der Waals surface area contributed by atoms with E-state index in [1.165, 1.54) is 23.1 Å². The number of aromatic nitrogens is 1. The van der Waals surface area contributed by atoms with Gasteiger partial charge in [0.25, 0.3) is 5.56 Å². The summed E-state index contributed by atoms with van der Waals surface area (Å²) in [5.74, 6) is 0. The number of nitrogens with one attached hydrogen (secondary N) is 2. The number of carbonyl (C=O) groups excluding carboxylic acids is 1. The van der Waals surface area contributed by atoms with Crippen molar-refractivity contribution in [3.8, 4) is 11.3 Å². The minimum atomic E-state index is -4.44. The summed E-state index contributed by atoms with van der Waals surface area (Å²) in [6, 6.07) is 10.9. The molecule has 1 atom stereocenters. The van der Waals surface area contributed by atoms with Crippen LogP contribution in [0.25, 0.3) is 22.0 Å². The lowest BCUT2D eigenvalue weighted by Crippen LogP contribution is -2.30. The van der Waals surface area contributed by atoms with E-state index in [0.29, 0.717) is 27.7 Å². The summed E-state index contributed by atoms with van der Waals surface area (Å²) in [5.41, 5.74) is 1.84. The zero-order valence-corrected chi connectivity index (χ0v) is 14.7. The van der Waals surface area contributed by atoms with Crippen LogP contribution in [0.3, 0.4) is 0 Å². The average molecular weight is 405 g/mol. The predicted octanol–water partition coefficient (Wildman–Crippen LogP) is 3.48. The number of hydrogen-bond donors (Lipinski definition) is 3. The SMILES string of the molecule is O=C1O[C@@H](NO)CN1c1ccc2cc(-c3ccc(C(F)(F)F)cc3)[nH]c(=O)c2c1. The number of H-pyrrole nitrogens is 1. The van der Waals surface area contributed by atoms with E-state index >= 15 is 0 Å². The lowest BCUT2D eigenvalue weighted by molar-refractivity contribution is -0.137. The highest BCUT2D eigenvalue weighted by Gasteiger charge is 2.32. The van der Waals surface area contributed by atoms with E-state index in [-0.39, 0.29) is 6.54 Å². The van der Waals surface area contributed by atoms with Gasteiger partial charge in [0.1, 0.15) is 0 Å². The van der Waals surface area contributed by atoms with Crippen LogP contribution in [0.4, 0.5) is 23.7 Å². The lowest BCUT2D eigenvalue weighted by Gasteiger charge is -2.14. The molecule has 0 bridgehead atoms. The van der Waals surface area contributed by atoms with E-state index in [0.717, 1.165) is 12.1 Å². The summed E-state index contributed by atoms with van der Waals surface area (Å²) in [7, 11) is 0. The molecule has 0 aliphatic carbocycles. The van der Waals surface area contributed by atoms with Gasteiger partial charge in [0.15, 0.2) is 6.23 Å². The first-order valence-electron chi connectivity index (χ1n) is 8.49. The van der Waals surface area contributed by atoms with Gasteiger partial charge < -0.3 is 14.9 Å². The van der Waals surface area contributed by atoms with Gasteiger partial charge in [-0.3, -0.25) is 9.69 Å². The molecular formula is C19H14F3N3O4. The summed E-state index contributed by atoms with van der Waals surface area (Å²) >= 11 is 0. The Morgan fingerprint density at radius 3 is 2.45 bits per heavy atom. The number of pyridine rings is 1. The van der Waals surface area contributed by atoms with Gasteiger partial charge in [-0.25, -0.2) is 4.79 Å². The first-order chi connectivity index (χ1) is 13.8. The Bertz CT molecular complexity index is 1140. The molecular weight excluding hydrogens is 391 g/mol. The van der Waals surface area contributed by atoms with Crippen LogP contribution in [-0.2, 0) is 10.9 Å². The summed E-state index contributed by atoms with van der Waals surface area (Å²) in [5, 5.41) is 9.74. The van der Waals surface area contributed by atoms with E-state index in [9.17, 15) is 22.8 Å². The molecule has 10 heteroatoms. The van der Waals surface area contributed by atoms with Crippen LogP contribution in [0.5, 0.6) is 0 Å². The number of aromatic amines is 1. The Labute approximate surface area is 161 Å². The first-order valence-corrected chi connectivity index (χ1v) is 8.49. The molecule has 0 spiro atoms. The maximum atomic E-state index is 12.7. The molecule has 1 aliphatic rings. The molecule has 2 aromatic carbocycles. The number of anilines is 1. The third-order valence-electron chi connectivity index (χ3n) is 4.62. The Kier molecular flexibility index (Phi) is 4.52. The number of fused-ring (bicyclic) bond motifs is 1. The van der Waals surface area contributed by atoms with Crippen LogP contribution < -0.4 is 15.9 Å². The van der Waals surface area contributed by atoms with Crippen molar-refractivity contribution < 1.29 is 27.9 Å². The van der Waals surface area contributed by atoms with Crippen molar-refractivity contribution in [2.24, 2.45) is 0 Å². The van der Waals surface area contributed by atoms with Crippen molar-refractivity contribution >= 4 is 22.6 Å². The summed E-state index contributed by atoms with van der Waals surface area (Å²) in [4.78, 5) is 28.3. The highest BCUT2D eigenvalue weighted by atomic mass is 19.4. The molecule has 1 amide bonds. The monoisotopic (exact) mass is 405 g/mol. The number of hydroxylamine groups is 1. The van der Waals surface area contributed by atoms with E-state index in [1.807, 2.05) is 5.48 Å². The van der Waals surface area contributed by atoms with E-state index in [4.69, 9.17) is 9.94 Å². The zero-order chi connectivity index (χ0) is 20.8. The number of cyclic esters (lactones) is 1. The van der Waals surface area contributed by atoms with Crippen LogP contribution in [0.15, 0.2) is 53.3 Å². The molecule has 7 nitrogen and oxygen atoms in total. The van der Waals surface area contributed by atoms with Crippen LogP contribution in [-0.4, -0.2) is 29.1 Å². The molecule has 0 saturated carbocycles. The topological polar surface area (TPSA) is 94.7 Å². The van der Waals surface area contributed by atoms with Gasteiger partial charge in [-0.15, -0.1) is 0 Å². The molecule has 29 heavy (non-hydrogen) atoms. The molecule has 2 heterocycles. The van der Waals surface area contributed by atoms with Crippen molar-refractivity contribution in [1.82, 2.24) is 10.5 Å². The maximum Gasteiger partial charge on any atom is 0.416 e. The quantitative estimate of drug-likeness (QED) is 0.580. The molecule has 0 unspecified atom stereocenters. The standard InChI is InChI=1S/C19H14F3N3O4/c20-19(21,22)12-4-1-10(2-5-12)15-7-11-3-6-13(8-14(11)17(26)23-15)25-9-16(24-28)29-18(25)27/h1-8,16,24,28H,9H2,(H,23,26)/t16-/m1/s1. The van der Waals surface area contributed by atoms with Crippen molar-refractivity contribution in [2.45, 2.75) is 12.4 Å². The predicted molar refractivity (Wildman–Crippen MR) is 97.5 cm³/mol. The van der Waals surface area contributed by atoms with Crippen LogP contribution in [0.2, 0.25) is 0 Å². The van der Waals surface area contributed by atoms with Crippen LogP contribution in [0, 0.1) is 0 Å². The largest absolute Gasteiger partial charge is 0.426 e. The number of carbonyl (C=O) groups is 1. The molecule has 1 fully saturated rings. The minimum absolute atomic E-state index is 0.0579. The second kappa shape index (κ2) is 6.90. The number of ether oxygens (including phenoxy) is 1. The van der Waals surface area contributed by atoms with E-state index in [2.05, 4.69) is 4.98 Å². The fourth-order valence-corrected chi connectivity index (χ4v) is 3.15.